The molecule has 2 N–H and O–H groups in total. The molecule has 0 unspecified atom stereocenters. The topological polar surface area (TPSA) is 50.4 Å². The SMILES string of the molecule is CC(C)CCOc1ccc(NC(=O)CNCCC2=CCCCC2)cc1. The molecule has 0 fully saturated rings. The quantitative estimate of drug-likeness (QED) is 0.484. The van der Waals surface area contributed by atoms with Crippen LogP contribution in [0.5, 0.6) is 5.75 Å². The number of carbonyl (C=O) groups excluding carboxylic acids is 1. The van der Waals surface area contributed by atoms with Gasteiger partial charge in [0.25, 0.3) is 0 Å². The minimum atomic E-state index is -0.00824. The van der Waals surface area contributed by atoms with Crippen LogP contribution < -0.4 is 15.4 Å². The van der Waals surface area contributed by atoms with Crippen molar-refractivity contribution in [2.45, 2.75) is 52.4 Å². The molecule has 2 rings (SSSR count). The molecule has 1 aromatic rings. The lowest BCUT2D eigenvalue weighted by Crippen LogP contribution is -2.29. The van der Waals surface area contributed by atoms with Crippen LogP contribution in [-0.2, 0) is 4.79 Å². The molecule has 0 saturated carbocycles. The molecule has 0 aromatic heterocycles. The van der Waals surface area contributed by atoms with E-state index in [2.05, 4.69) is 30.6 Å². The maximum atomic E-state index is 12.0. The van der Waals surface area contributed by atoms with E-state index in [-0.39, 0.29) is 5.91 Å². The number of hydrogen-bond donors (Lipinski definition) is 2. The maximum Gasteiger partial charge on any atom is 0.238 e. The first-order chi connectivity index (χ1) is 12.1. The first kappa shape index (κ1) is 19.5. The van der Waals surface area contributed by atoms with Crippen LogP contribution in [0.3, 0.4) is 0 Å². The summed E-state index contributed by atoms with van der Waals surface area (Å²) >= 11 is 0. The zero-order chi connectivity index (χ0) is 17.9. The molecule has 0 aliphatic heterocycles. The number of hydrogen-bond acceptors (Lipinski definition) is 3. The third kappa shape index (κ3) is 8.21. The zero-order valence-corrected chi connectivity index (χ0v) is 15.6. The number of benzene rings is 1. The number of amides is 1. The van der Waals surface area contributed by atoms with Crippen LogP contribution in [0.2, 0.25) is 0 Å². The molecule has 4 nitrogen and oxygen atoms in total. The molecule has 0 atom stereocenters. The standard InChI is InChI=1S/C21H32N2O2/c1-17(2)13-15-25-20-10-8-19(9-11-20)23-21(24)16-22-14-12-18-6-4-3-5-7-18/h6,8-11,17,22H,3-5,7,12-16H2,1-2H3,(H,23,24). The van der Waals surface area contributed by atoms with Crippen molar-refractivity contribution >= 4 is 11.6 Å². The number of carbonyl (C=O) groups is 1. The predicted molar refractivity (Wildman–Crippen MR) is 104 cm³/mol. The molecule has 0 bridgehead atoms. The monoisotopic (exact) mass is 344 g/mol. The van der Waals surface area contributed by atoms with Gasteiger partial charge in [-0.3, -0.25) is 4.79 Å². The van der Waals surface area contributed by atoms with Gasteiger partial charge in [-0.05, 0) is 75.3 Å². The molecule has 25 heavy (non-hydrogen) atoms. The van der Waals surface area contributed by atoms with Crippen molar-refractivity contribution in [3.8, 4) is 5.75 Å². The van der Waals surface area contributed by atoms with E-state index in [1.54, 1.807) is 0 Å². The van der Waals surface area contributed by atoms with Gasteiger partial charge in [0.05, 0.1) is 13.2 Å². The van der Waals surface area contributed by atoms with Crippen molar-refractivity contribution in [3.63, 3.8) is 0 Å². The Kier molecular flexibility index (Phi) is 8.53. The number of allylic oxidation sites excluding steroid dienone is 1. The van der Waals surface area contributed by atoms with Crippen molar-refractivity contribution in [2.24, 2.45) is 5.92 Å². The van der Waals surface area contributed by atoms with Gasteiger partial charge in [0.1, 0.15) is 5.75 Å². The highest BCUT2D eigenvalue weighted by atomic mass is 16.5. The van der Waals surface area contributed by atoms with Crippen LogP contribution in [0.1, 0.15) is 52.4 Å². The van der Waals surface area contributed by atoms with Crippen molar-refractivity contribution in [1.82, 2.24) is 5.32 Å². The van der Waals surface area contributed by atoms with E-state index in [9.17, 15) is 4.79 Å². The van der Waals surface area contributed by atoms with Crippen LogP contribution in [0.25, 0.3) is 0 Å². The first-order valence-corrected chi connectivity index (χ1v) is 9.55. The van der Waals surface area contributed by atoms with Crippen molar-refractivity contribution in [2.75, 3.05) is 25.0 Å². The lowest BCUT2D eigenvalue weighted by atomic mass is 9.97. The molecule has 0 heterocycles. The lowest BCUT2D eigenvalue weighted by molar-refractivity contribution is -0.115. The Hall–Kier alpha value is -1.81. The van der Waals surface area contributed by atoms with Gasteiger partial charge in [-0.15, -0.1) is 0 Å². The fourth-order valence-corrected chi connectivity index (χ4v) is 2.83. The third-order valence-electron chi connectivity index (χ3n) is 4.40. The summed E-state index contributed by atoms with van der Waals surface area (Å²) < 4.78 is 5.68. The van der Waals surface area contributed by atoms with E-state index < -0.39 is 0 Å². The third-order valence-corrected chi connectivity index (χ3v) is 4.40. The molecular formula is C21H32N2O2. The summed E-state index contributed by atoms with van der Waals surface area (Å²) in [6, 6.07) is 7.57. The Bertz CT molecular complexity index is 550. The molecule has 1 aliphatic rings. The summed E-state index contributed by atoms with van der Waals surface area (Å²) in [7, 11) is 0. The number of nitrogens with one attached hydrogen (secondary N) is 2. The highest BCUT2D eigenvalue weighted by Crippen LogP contribution is 2.19. The highest BCUT2D eigenvalue weighted by Gasteiger charge is 2.05. The number of anilines is 1. The summed E-state index contributed by atoms with van der Waals surface area (Å²) in [6.45, 7) is 6.30. The summed E-state index contributed by atoms with van der Waals surface area (Å²) in [6.07, 6.45) is 9.52. The molecule has 0 radical (unpaired) electrons. The molecular weight excluding hydrogens is 312 g/mol. The van der Waals surface area contributed by atoms with Gasteiger partial charge in [-0.25, -0.2) is 0 Å². The second-order valence-corrected chi connectivity index (χ2v) is 7.14. The average molecular weight is 344 g/mol. The minimum Gasteiger partial charge on any atom is -0.494 e. The van der Waals surface area contributed by atoms with E-state index in [4.69, 9.17) is 4.74 Å². The smallest absolute Gasteiger partial charge is 0.238 e. The molecule has 4 heteroatoms. The summed E-state index contributed by atoms with van der Waals surface area (Å²) in [5.74, 6) is 1.48. The highest BCUT2D eigenvalue weighted by molar-refractivity contribution is 5.92. The van der Waals surface area contributed by atoms with Crippen LogP contribution >= 0.6 is 0 Å². The normalized spacial score (nSPS) is 14.3. The van der Waals surface area contributed by atoms with E-state index in [1.165, 1.54) is 31.3 Å². The first-order valence-electron chi connectivity index (χ1n) is 9.55. The number of ether oxygens (including phenoxy) is 1. The molecule has 1 aliphatic carbocycles. The van der Waals surface area contributed by atoms with Crippen LogP contribution in [-0.4, -0.2) is 25.6 Å². The van der Waals surface area contributed by atoms with E-state index in [1.807, 2.05) is 24.3 Å². The van der Waals surface area contributed by atoms with Crippen LogP contribution in [0.4, 0.5) is 5.69 Å². The van der Waals surface area contributed by atoms with Gasteiger partial charge < -0.3 is 15.4 Å². The van der Waals surface area contributed by atoms with E-state index >= 15 is 0 Å². The summed E-state index contributed by atoms with van der Waals surface area (Å²) in [5, 5.41) is 6.14. The zero-order valence-electron chi connectivity index (χ0n) is 15.6. The molecule has 1 amide bonds. The molecule has 0 saturated heterocycles. The Morgan fingerprint density at radius 3 is 2.68 bits per heavy atom. The predicted octanol–water partition coefficient (Wildman–Crippen LogP) is 4.53. The minimum absolute atomic E-state index is 0.00824. The summed E-state index contributed by atoms with van der Waals surface area (Å²) in [5.41, 5.74) is 2.34. The van der Waals surface area contributed by atoms with Gasteiger partial charge >= 0.3 is 0 Å². The Balaban J connectivity index is 1.62. The van der Waals surface area contributed by atoms with Crippen molar-refractivity contribution in [3.05, 3.63) is 35.9 Å². The molecule has 0 spiro atoms. The second-order valence-electron chi connectivity index (χ2n) is 7.14. The van der Waals surface area contributed by atoms with E-state index in [0.29, 0.717) is 12.5 Å². The number of rotatable bonds is 10. The van der Waals surface area contributed by atoms with Gasteiger partial charge in [0.15, 0.2) is 0 Å². The summed E-state index contributed by atoms with van der Waals surface area (Å²) in [4.78, 5) is 12.0. The van der Waals surface area contributed by atoms with Gasteiger partial charge in [-0.2, -0.15) is 0 Å². The Morgan fingerprint density at radius 2 is 2.00 bits per heavy atom. The van der Waals surface area contributed by atoms with Crippen molar-refractivity contribution in [1.29, 1.82) is 0 Å². The van der Waals surface area contributed by atoms with Gasteiger partial charge in [-0.1, -0.05) is 25.5 Å². The molecule has 1 aromatic carbocycles. The fourth-order valence-electron chi connectivity index (χ4n) is 2.83. The second kappa shape index (κ2) is 10.9. The van der Waals surface area contributed by atoms with Crippen LogP contribution in [0.15, 0.2) is 35.9 Å². The Labute approximate surface area is 152 Å². The average Bonchev–Trinajstić information content (AvgIpc) is 2.61. The maximum absolute atomic E-state index is 12.0. The Morgan fingerprint density at radius 1 is 1.20 bits per heavy atom. The largest absolute Gasteiger partial charge is 0.494 e. The van der Waals surface area contributed by atoms with Crippen molar-refractivity contribution < 1.29 is 9.53 Å². The van der Waals surface area contributed by atoms with Gasteiger partial charge in [0, 0.05) is 5.69 Å². The fraction of sp³-hybridized carbons (Fsp3) is 0.571. The van der Waals surface area contributed by atoms with Crippen LogP contribution in [0, 0.1) is 5.92 Å². The van der Waals surface area contributed by atoms with E-state index in [0.717, 1.165) is 37.4 Å². The van der Waals surface area contributed by atoms with Gasteiger partial charge in [0.2, 0.25) is 5.91 Å². The lowest BCUT2D eigenvalue weighted by Gasteiger charge is -2.13. The molecule has 138 valence electrons.